The van der Waals surface area contributed by atoms with E-state index < -0.39 is 16.1 Å². The second-order valence-corrected chi connectivity index (χ2v) is 6.73. The number of sulfonamides is 1. The van der Waals surface area contributed by atoms with Gasteiger partial charge in [0.2, 0.25) is 15.9 Å². The van der Waals surface area contributed by atoms with Crippen LogP contribution in [0.1, 0.15) is 6.92 Å². The Kier molecular flexibility index (Phi) is 3.74. The van der Waals surface area contributed by atoms with Crippen LogP contribution in [-0.4, -0.2) is 37.8 Å². The lowest BCUT2D eigenvalue weighted by Gasteiger charge is -2.31. The zero-order valence-electron chi connectivity index (χ0n) is 9.76. The molecule has 1 heterocycles. The smallest absolute Gasteiger partial charge is 0.244 e. The topological polar surface area (TPSA) is 66.5 Å². The first-order chi connectivity index (χ1) is 8.44. The van der Waals surface area contributed by atoms with Crippen molar-refractivity contribution in [2.45, 2.75) is 17.9 Å². The molecule has 2 rings (SSSR count). The summed E-state index contributed by atoms with van der Waals surface area (Å²) in [5, 5.41) is 2.64. The standard InChI is InChI=1S/C11H13BrN2O3S/c1-8-11(15)13-6-7-14(8)18(16,17)10-5-3-2-4-9(10)12/h2-5,8H,6-7H2,1H3,(H,13,15). The van der Waals surface area contributed by atoms with Gasteiger partial charge in [-0.1, -0.05) is 12.1 Å². The lowest BCUT2D eigenvalue weighted by atomic mass is 10.2. The Morgan fingerprint density at radius 2 is 2.06 bits per heavy atom. The van der Waals surface area contributed by atoms with Gasteiger partial charge in [0.05, 0.1) is 4.90 Å². The summed E-state index contributed by atoms with van der Waals surface area (Å²) < 4.78 is 26.7. The molecule has 5 nitrogen and oxygen atoms in total. The highest BCUT2D eigenvalue weighted by Crippen LogP contribution is 2.26. The molecule has 1 fully saturated rings. The van der Waals surface area contributed by atoms with E-state index in [1.54, 1.807) is 25.1 Å². The van der Waals surface area contributed by atoms with E-state index in [9.17, 15) is 13.2 Å². The number of piperazine rings is 1. The largest absolute Gasteiger partial charge is 0.353 e. The second-order valence-electron chi connectivity index (χ2n) is 4.01. The van der Waals surface area contributed by atoms with E-state index >= 15 is 0 Å². The van der Waals surface area contributed by atoms with Crippen molar-refractivity contribution in [2.75, 3.05) is 13.1 Å². The first-order valence-corrected chi connectivity index (χ1v) is 7.72. The van der Waals surface area contributed by atoms with E-state index in [1.165, 1.54) is 10.4 Å². The fourth-order valence-corrected chi connectivity index (χ4v) is 4.43. The molecule has 1 unspecified atom stereocenters. The van der Waals surface area contributed by atoms with Gasteiger partial charge in [-0.05, 0) is 35.0 Å². The first-order valence-electron chi connectivity index (χ1n) is 5.48. The number of benzene rings is 1. The van der Waals surface area contributed by atoms with Gasteiger partial charge in [-0.2, -0.15) is 4.31 Å². The number of hydrogen-bond acceptors (Lipinski definition) is 3. The second kappa shape index (κ2) is 4.99. The molecule has 0 radical (unpaired) electrons. The van der Waals surface area contributed by atoms with Gasteiger partial charge in [-0.3, -0.25) is 4.79 Å². The molecule has 1 N–H and O–H groups in total. The van der Waals surface area contributed by atoms with Gasteiger partial charge in [-0.15, -0.1) is 0 Å². The zero-order valence-corrected chi connectivity index (χ0v) is 12.2. The third-order valence-electron chi connectivity index (χ3n) is 2.87. The third-order valence-corrected chi connectivity index (χ3v) is 5.85. The molecule has 0 spiro atoms. The summed E-state index contributed by atoms with van der Waals surface area (Å²) >= 11 is 3.23. The highest BCUT2D eigenvalue weighted by Gasteiger charge is 2.36. The van der Waals surface area contributed by atoms with Gasteiger partial charge >= 0.3 is 0 Å². The molecule has 0 aliphatic carbocycles. The predicted molar refractivity (Wildman–Crippen MR) is 70.5 cm³/mol. The van der Waals surface area contributed by atoms with E-state index in [2.05, 4.69) is 21.2 Å². The van der Waals surface area contributed by atoms with Crippen LogP contribution in [0, 0.1) is 0 Å². The molecule has 1 aliphatic heterocycles. The normalized spacial score (nSPS) is 21.7. The van der Waals surface area contributed by atoms with E-state index in [4.69, 9.17) is 0 Å². The minimum Gasteiger partial charge on any atom is -0.353 e. The Hall–Kier alpha value is -0.920. The highest BCUT2D eigenvalue weighted by molar-refractivity contribution is 9.10. The number of nitrogens with one attached hydrogen (secondary N) is 1. The Labute approximate surface area is 114 Å². The SMILES string of the molecule is CC1C(=O)NCCN1S(=O)(=O)c1ccccc1Br. The van der Waals surface area contributed by atoms with Crippen LogP contribution in [-0.2, 0) is 14.8 Å². The molecule has 0 saturated carbocycles. The lowest BCUT2D eigenvalue weighted by Crippen LogP contribution is -2.55. The summed E-state index contributed by atoms with van der Waals surface area (Å²) in [6.07, 6.45) is 0. The van der Waals surface area contributed by atoms with Crippen molar-refractivity contribution in [1.29, 1.82) is 0 Å². The van der Waals surface area contributed by atoms with Crippen LogP contribution < -0.4 is 5.32 Å². The van der Waals surface area contributed by atoms with Crippen LogP contribution in [0.15, 0.2) is 33.6 Å². The molecule has 98 valence electrons. The van der Waals surface area contributed by atoms with Gasteiger partial charge < -0.3 is 5.32 Å². The van der Waals surface area contributed by atoms with Crippen LogP contribution >= 0.6 is 15.9 Å². The molecule has 1 aromatic carbocycles. The van der Waals surface area contributed by atoms with Gasteiger partial charge in [-0.25, -0.2) is 8.42 Å². The average Bonchev–Trinajstić information content (AvgIpc) is 2.32. The fraction of sp³-hybridized carbons (Fsp3) is 0.364. The summed E-state index contributed by atoms with van der Waals surface area (Å²) in [5.74, 6) is -0.267. The third kappa shape index (κ3) is 2.30. The minimum absolute atomic E-state index is 0.187. The molecule has 0 aromatic heterocycles. The number of halogens is 1. The molecular weight excluding hydrogens is 320 g/mol. The molecule has 7 heteroatoms. The van der Waals surface area contributed by atoms with Crippen LogP contribution in [0.25, 0.3) is 0 Å². The lowest BCUT2D eigenvalue weighted by molar-refractivity contribution is -0.126. The maximum atomic E-state index is 12.5. The van der Waals surface area contributed by atoms with Crippen molar-refractivity contribution in [3.05, 3.63) is 28.7 Å². The maximum Gasteiger partial charge on any atom is 0.244 e. The van der Waals surface area contributed by atoms with Crippen LogP contribution in [0.4, 0.5) is 0 Å². The predicted octanol–water partition coefficient (Wildman–Crippen LogP) is 0.958. The van der Waals surface area contributed by atoms with Crippen molar-refractivity contribution in [2.24, 2.45) is 0 Å². The molecule has 1 atom stereocenters. The zero-order chi connectivity index (χ0) is 13.3. The van der Waals surface area contributed by atoms with E-state index in [1.807, 2.05) is 0 Å². The van der Waals surface area contributed by atoms with Crippen molar-refractivity contribution >= 4 is 31.9 Å². The summed E-state index contributed by atoms with van der Waals surface area (Å²) in [6, 6.07) is 5.91. The van der Waals surface area contributed by atoms with E-state index in [0.29, 0.717) is 11.0 Å². The van der Waals surface area contributed by atoms with Crippen LogP contribution in [0.3, 0.4) is 0 Å². The Morgan fingerprint density at radius 3 is 2.72 bits per heavy atom. The molecule has 18 heavy (non-hydrogen) atoms. The molecule has 1 aromatic rings. The van der Waals surface area contributed by atoms with Gasteiger partial charge in [0, 0.05) is 17.6 Å². The molecular formula is C11H13BrN2O3S. The maximum absolute atomic E-state index is 12.5. The van der Waals surface area contributed by atoms with E-state index in [-0.39, 0.29) is 17.3 Å². The molecule has 0 bridgehead atoms. The van der Waals surface area contributed by atoms with Crippen molar-refractivity contribution in [3.8, 4) is 0 Å². The number of amides is 1. The van der Waals surface area contributed by atoms with Gasteiger partial charge in [0.15, 0.2) is 0 Å². The van der Waals surface area contributed by atoms with Crippen molar-refractivity contribution < 1.29 is 13.2 Å². The number of carbonyl (C=O) groups excluding carboxylic acids is 1. The number of hydrogen-bond donors (Lipinski definition) is 1. The summed E-state index contributed by atoms with van der Waals surface area (Å²) in [5.41, 5.74) is 0. The van der Waals surface area contributed by atoms with Crippen molar-refractivity contribution in [3.63, 3.8) is 0 Å². The van der Waals surface area contributed by atoms with Gasteiger partial charge in [0.1, 0.15) is 6.04 Å². The molecule has 1 saturated heterocycles. The molecule has 1 aliphatic rings. The summed E-state index contributed by atoms with van der Waals surface area (Å²) in [7, 11) is -3.65. The first kappa shape index (κ1) is 13.5. The minimum atomic E-state index is -3.65. The monoisotopic (exact) mass is 332 g/mol. The summed E-state index contributed by atoms with van der Waals surface area (Å²) in [4.78, 5) is 11.7. The quantitative estimate of drug-likeness (QED) is 0.877. The number of carbonyl (C=O) groups is 1. The Balaban J connectivity index is 2.43. The number of nitrogens with zero attached hydrogens (tertiary/aromatic N) is 1. The highest BCUT2D eigenvalue weighted by atomic mass is 79.9. The Bertz CT molecular complexity index is 573. The molecule has 1 amide bonds. The van der Waals surface area contributed by atoms with Crippen LogP contribution in [0.5, 0.6) is 0 Å². The average molecular weight is 333 g/mol. The summed E-state index contributed by atoms with van der Waals surface area (Å²) in [6.45, 7) is 2.21. The number of rotatable bonds is 2. The van der Waals surface area contributed by atoms with E-state index in [0.717, 1.165) is 0 Å². The van der Waals surface area contributed by atoms with Crippen molar-refractivity contribution in [1.82, 2.24) is 9.62 Å². The van der Waals surface area contributed by atoms with Gasteiger partial charge in [0.25, 0.3) is 0 Å². The fourth-order valence-electron chi connectivity index (χ4n) is 1.87. The Morgan fingerprint density at radius 1 is 1.39 bits per heavy atom. The van der Waals surface area contributed by atoms with Crippen LogP contribution in [0.2, 0.25) is 0 Å².